The minimum Gasteiger partial charge on any atom is -0.466 e. The standard InChI is InChI=1S/C19H28N2O2S/c1-2-23-18(22)12-8-13-20-19(24)21-14-7-6-11-17(21)15-16-9-4-3-5-10-16/h3-5,9-10,17H,2,6-8,11-15H2,1H3,(H,20,24). The number of benzene rings is 1. The van der Waals surface area contributed by atoms with E-state index < -0.39 is 0 Å². The molecule has 1 saturated heterocycles. The lowest BCUT2D eigenvalue weighted by molar-refractivity contribution is -0.143. The van der Waals surface area contributed by atoms with Gasteiger partial charge in [0.15, 0.2) is 5.11 Å². The summed E-state index contributed by atoms with van der Waals surface area (Å²) in [5.41, 5.74) is 1.36. The highest BCUT2D eigenvalue weighted by Crippen LogP contribution is 2.21. The Kier molecular flexibility index (Phi) is 8.02. The second-order valence-corrected chi connectivity index (χ2v) is 6.56. The SMILES string of the molecule is CCOC(=O)CCCNC(=S)N1CCCCC1Cc1ccccc1. The zero-order chi connectivity index (χ0) is 17.2. The topological polar surface area (TPSA) is 41.6 Å². The van der Waals surface area contributed by atoms with Gasteiger partial charge in [-0.25, -0.2) is 0 Å². The highest BCUT2D eigenvalue weighted by Gasteiger charge is 2.24. The van der Waals surface area contributed by atoms with Gasteiger partial charge in [0.25, 0.3) is 0 Å². The van der Waals surface area contributed by atoms with E-state index in [2.05, 4.69) is 40.5 Å². The average Bonchev–Trinajstić information content (AvgIpc) is 2.60. The number of nitrogens with one attached hydrogen (secondary N) is 1. The van der Waals surface area contributed by atoms with E-state index in [0.717, 1.165) is 24.5 Å². The maximum absolute atomic E-state index is 11.4. The molecule has 1 aliphatic heterocycles. The molecule has 4 nitrogen and oxygen atoms in total. The minimum absolute atomic E-state index is 0.134. The fraction of sp³-hybridized carbons (Fsp3) is 0.579. The Morgan fingerprint density at radius 3 is 2.88 bits per heavy atom. The van der Waals surface area contributed by atoms with Crippen molar-refractivity contribution in [1.82, 2.24) is 10.2 Å². The number of piperidine rings is 1. The van der Waals surface area contributed by atoms with E-state index in [1.807, 2.05) is 6.92 Å². The largest absolute Gasteiger partial charge is 0.466 e. The highest BCUT2D eigenvalue weighted by atomic mass is 32.1. The summed E-state index contributed by atoms with van der Waals surface area (Å²) in [4.78, 5) is 13.7. The van der Waals surface area contributed by atoms with Crippen LogP contribution in [0.3, 0.4) is 0 Å². The van der Waals surface area contributed by atoms with Crippen molar-refractivity contribution in [3.8, 4) is 0 Å². The molecule has 0 saturated carbocycles. The molecule has 0 aromatic heterocycles. The van der Waals surface area contributed by atoms with Gasteiger partial charge in [0.2, 0.25) is 0 Å². The van der Waals surface area contributed by atoms with Crippen LogP contribution in [0.5, 0.6) is 0 Å². The number of hydrogen-bond acceptors (Lipinski definition) is 3. The van der Waals surface area contributed by atoms with E-state index in [9.17, 15) is 4.79 Å². The van der Waals surface area contributed by atoms with E-state index >= 15 is 0 Å². The Morgan fingerprint density at radius 2 is 2.12 bits per heavy atom. The first-order valence-electron chi connectivity index (χ1n) is 8.94. The van der Waals surface area contributed by atoms with Gasteiger partial charge in [-0.1, -0.05) is 30.3 Å². The first-order valence-corrected chi connectivity index (χ1v) is 9.35. The van der Waals surface area contributed by atoms with E-state index in [-0.39, 0.29) is 5.97 Å². The zero-order valence-corrected chi connectivity index (χ0v) is 15.3. The highest BCUT2D eigenvalue weighted by molar-refractivity contribution is 7.80. The number of rotatable bonds is 7. The van der Waals surface area contributed by atoms with Crippen molar-refractivity contribution < 1.29 is 9.53 Å². The van der Waals surface area contributed by atoms with Crippen LogP contribution in [0.1, 0.15) is 44.6 Å². The third kappa shape index (κ3) is 6.11. The molecule has 0 spiro atoms. The lowest BCUT2D eigenvalue weighted by Crippen LogP contribution is -2.49. The molecule has 5 heteroatoms. The van der Waals surface area contributed by atoms with Gasteiger partial charge in [-0.2, -0.15) is 0 Å². The van der Waals surface area contributed by atoms with Gasteiger partial charge in [0.1, 0.15) is 0 Å². The van der Waals surface area contributed by atoms with E-state index in [0.29, 0.717) is 25.6 Å². The van der Waals surface area contributed by atoms with Gasteiger partial charge in [-0.3, -0.25) is 4.79 Å². The van der Waals surface area contributed by atoms with Crippen molar-refractivity contribution in [1.29, 1.82) is 0 Å². The summed E-state index contributed by atoms with van der Waals surface area (Å²) in [6.07, 6.45) is 5.85. The molecule has 24 heavy (non-hydrogen) atoms. The van der Waals surface area contributed by atoms with Crippen LogP contribution in [0.25, 0.3) is 0 Å². The lowest BCUT2D eigenvalue weighted by Gasteiger charge is -2.38. The van der Waals surface area contributed by atoms with Crippen LogP contribution in [0, 0.1) is 0 Å². The number of carbonyl (C=O) groups excluding carboxylic acids is 1. The van der Waals surface area contributed by atoms with Crippen molar-refractivity contribution in [2.24, 2.45) is 0 Å². The van der Waals surface area contributed by atoms with E-state index in [4.69, 9.17) is 17.0 Å². The van der Waals surface area contributed by atoms with Crippen molar-refractivity contribution in [2.75, 3.05) is 19.7 Å². The summed E-state index contributed by atoms with van der Waals surface area (Å²) in [6, 6.07) is 11.1. The molecule has 1 heterocycles. The molecular formula is C19H28N2O2S. The lowest BCUT2D eigenvalue weighted by atomic mass is 9.96. The Balaban J connectivity index is 1.79. The van der Waals surface area contributed by atoms with Crippen molar-refractivity contribution in [3.05, 3.63) is 35.9 Å². The molecule has 1 N–H and O–H groups in total. The smallest absolute Gasteiger partial charge is 0.305 e. The summed E-state index contributed by atoms with van der Waals surface area (Å²) < 4.78 is 4.94. The molecule has 1 atom stereocenters. The second kappa shape index (κ2) is 10.3. The zero-order valence-electron chi connectivity index (χ0n) is 14.5. The van der Waals surface area contributed by atoms with Gasteiger partial charge < -0.3 is 15.0 Å². The Labute approximate surface area is 150 Å². The summed E-state index contributed by atoms with van der Waals surface area (Å²) in [5, 5.41) is 4.13. The number of carbonyl (C=O) groups is 1. The molecule has 2 rings (SSSR count). The molecule has 0 amide bonds. The molecule has 1 aromatic carbocycles. The first-order chi connectivity index (χ1) is 11.7. The van der Waals surface area contributed by atoms with E-state index in [1.54, 1.807) is 0 Å². The Morgan fingerprint density at radius 1 is 1.33 bits per heavy atom. The summed E-state index contributed by atoms with van der Waals surface area (Å²) in [6.45, 7) is 4.00. The third-order valence-corrected chi connectivity index (χ3v) is 4.72. The fourth-order valence-corrected chi connectivity index (χ4v) is 3.47. The molecule has 1 fully saturated rings. The van der Waals surface area contributed by atoms with Crippen LogP contribution in [-0.2, 0) is 16.0 Å². The summed E-state index contributed by atoms with van der Waals surface area (Å²) >= 11 is 5.60. The Hall–Kier alpha value is -1.62. The predicted octanol–water partition coefficient (Wildman–Crippen LogP) is 3.30. The van der Waals surface area contributed by atoms with Crippen LogP contribution in [-0.4, -0.2) is 41.7 Å². The molecule has 132 valence electrons. The van der Waals surface area contributed by atoms with Gasteiger partial charge in [-0.15, -0.1) is 0 Å². The van der Waals surface area contributed by atoms with Crippen LogP contribution in [0.2, 0.25) is 0 Å². The normalized spacial score (nSPS) is 17.4. The monoisotopic (exact) mass is 348 g/mol. The number of thiocarbonyl (C=S) groups is 1. The number of ether oxygens (including phenoxy) is 1. The van der Waals surface area contributed by atoms with Crippen LogP contribution >= 0.6 is 12.2 Å². The molecule has 0 aliphatic carbocycles. The maximum Gasteiger partial charge on any atom is 0.305 e. The summed E-state index contributed by atoms with van der Waals surface area (Å²) in [5.74, 6) is -0.134. The molecule has 1 aliphatic rings. The minimum atomic E-state index is -0.134. The van der Waals surface area contributed by atoms with Gasteiger partial charge in [0.05, 0.1) is 6.61 Å². The first kappa shape index (κ1) is 18.7. The van der Waals surface area contributed by atoms with Gasteiger partial charge in [0, 0.05) is 25.6 Å². The van der Waals surface area contributed by atoms with Gasteiger partial charge in [-0.05, 0) is 56.8 Å². The number of esters is 1. The molecule has 0 radical (unpaired) electrons. The summed E-state index contributed by atoms with van der Waals surface area (Å²) in [7, 11) is 0. The van der Waals surface area contributed by atoms with Crippen molar-refractivity contribution in [3.63, 3.8) is 0 Å². The number of nitrogens with zero attached hydrogens (tertiary/aromatic N) is 1. The second-order valence-electron chi connectivity index (χ2n) is 6.17. The Bertz CT molecular complexity index is 521. The third-order valence-electron chi connectivity index (χ3n) is 4.34. The fourth-order valence-electron chi connectivity index (χ4n) is 3.13. The van der Waals surface area contributed by atoms with E-state index in [1.165, 1.54) is 24.8 Å². The average molecular weight is 349 g/mol. The molecule has 1 unspecified atom stereocenters. The van der Waals surface area contributed by atoms with Crippen LogP contribution in [0.4, 0.5) is 0 Å². The molecular weight excluding hydrogens is 320 g/mol. The van der Waals surface area contributed by atoms with Crippen molar-refractivity contribution in [2.45, 2.75) is 51.5 Å². The van der Waals surface area contributed by atoms with Crippen LogP contribution in [0.15, 0.2) is 30.3 Å². The predicted molar refractivity (Wildman–Crippen MR) is 101 cm³/mol. The number of likely N-dealkylation sites (tertiary alicyclic amines) is 1. The van der Waals surface area contributed by atoms with Gasteiger partial charge >= 0.3 is 5.97 Å². The van der Waals surface area contributed by atoms with Crippen LogP contribution < -0.4 is 5.32 Å². The number of hydrogen-bond donors (Lipinski definition) is 1. The maximum atomic E-state index is 11.4. The van der Waals surface area contributed by atoms with Crippen molar-refractivity contribution >= 4 is 23.3 Å². The molecule has 1 aromatic rings. The molecule has 0 bridgehead atoms. The quantitative estimate of drug-likeness (QED) is 0.465.